The highest BCUT2D eigenvalue weighted by Gasteiger charge is 2.16. The number of aliphatic imine (C=N–C) groups is 1. The summed E-state index contributed by atoms with van der Waals surface area (Å²) in [6.45, 7) is 3.71. The van der Waals surface area contributed by atoms with E-state index in [0.29, 0.717) is 19.6 Å². The van der Waals surface area contributed by atoms with Gasteiger partial charge in [-0.1, -0.05) is 24.3 Å². The molecule has 0 radical (unpaired) electrons. The average molecular weight is 534 g/mol. The van der Waals surface area contributed by atoms with E-state index in [0.717, 1.165) is 17.1 Å². The molecule has 0 aromatic heterocycles. The Morgan fingerprint density at radius 3 is 2.07 bits per heavy atom. The van der Waals surface area contributed by atoms with Crippen molar-refractivity contribution in [3.63, 3.8) is 0 Å². The van der Waals surface area contributed by atoms with E-state index in [2.05, 4.69) is 10.3 Å². The van der Waals surface area contributed by atoms with Gasteiger partial charge in [-0.15, -0.1) is 24.0 Å². The maximum atomic E-state index is 13.1. The Bertz CT molecular complexity index is 901. The Morgan fingerprint density at radius 2 is 1.55 bits per heavy atom. The standard InChI is InChI=1S/C20H27FN4O2S.HI/c1-5-22-20(25(4)15-17-6-10-18(21)11-7-17)23-14-16-8-12-19(13-9-16)28(26,27)24(2)3;/h6-13H,5,14-15H2,1-4H3,(H,22,23);1H. The van der Waals surface area contributed by atoms with Gasteiger partial charge in [0.2, 0.25) is 10.0 Å². The third kappa shape index (κ3) is 7.23. The maximum Gasteiger partial charge on any atom is 0.242 e. The number of halogens is 2. The highest BCUT2D eigenvalue weighted by atomic mass is 127. The summed E-state index contributed by atoms with van der Waals surface area (Å²) in [5.74, 6) is 0.462. The molecule has 0 heterocycles. The maximum absolute atomic E-state index is 13.1. The fourth-order valence-electron chi connectivity index (χ4n) is 2.55. The van der Waals surface area contributed by atoms with E-state index in [1.165, 1.54) is 30.5 Å². The van der Waals surface area contributed by atoms with Gasteiger partial charge in [0.1, 0.15) is 5.82 Å². The SMILES string of the molecule is CCNC(=NCc1ccc(S(=O)(=O)N(C)C)cc1)N(C)Cc1ccc(F)cc1.I. The van der Waals surface area contributed by atoms with Gasteiger partial charge in [-0.3, -0.25) is 0 Å². The summed E-state index contributed by atoms with van der Waals surface area (Å²) >= 11 is 0. The second kappa shape index (κ2) is 11.5. The first-order valence-electron chi connectivity index (χ1n) is 8.99. The van der Waals surface area contributed by atoms with Crippen LogP contribution in [0.3, 0.4) is 0 Å². The second-order valence-corrected chi connectivity index (χ2v) is 8.74. The normalized spacial score (nSPS) is 11.9. The molecule has 0 spiro atoms. The van der Waals surface area contributed by atoms with Gasteiger partial charge in [0.05, 0.1) is 11.4 Å². The van der Waals surface area contributed by atoms with Gasteiger partial charge >= 0.3 is 0 Å². The third-order valence-corrected chi connectivity index (χ3v) is 5.97. The predicted molar refractivity (Wildman–Crippen MR) is 125 cm³/mol. The van der Waals surface area contributed by atoms with Crippen LogP contribution in [0.1, 0.15) is 18.1 Å². The monoisotopic (exact) mass is 534 g/mol. The zero-order chi connectivity index (χ0) is 20.7. The number of rotatable bonds is 7. The smallest absolute Gasteiger partial charge is 0.242 e. The van der Waals surface area contributed by atoms with Crippen LogP contribution in [0.15, 0.2) is 58.4 Å². The molecule has 1 N–H and O–H groups in total. The number of hydrogen-bond acceptors (Lipinski definition) is 3. The van der Waals surface area contributed by atoms with Crippen molar-refractivity contribution >= 4 is 40.0 Å². The van der Waals surface area contributed by atoms with Crippen LogP contribution in [-0.2, 0) is 23.1 Å². The summed E-state index contributed by atoms with van der Waals surface area (Å²) in [5.41, 5.74) is 1.89. The molecule has 0 bridgehead atoms. The van der Waals surface area contributed by atoms with Crippen molar-refractivity contribution in [1.82, 2.24) is 14.5 Å². The van der Waals surface area contributed by atoms with E-state index in [9.17, 15) is 12.8 Å². The van der Waals surface area contributed by atoms with Crippen molar-refractivity contribution in [2.24, 2.45) is 4.99 Å². The molecule has 0 saturated heterocycles. The van der Waals surface area contributed by atoms with Gasteiger partial charge < -0.3 is 10.2 Å². The molecule has 9 heteroatoms. The van der Waals surface area contributed by atoms with Crippen LogP contribution >= 0.6 is 24.0 Å². The van der Waals surface area contributed by atoms with Crippen LogP contribution < -0.4 is 5.32 Å². The van der Waals surface area contributed by atoms with Gasteiger partial charge in [0.25, 0.3) is 0 Å². The van der Waals surface area contributed by atoms with Crippen LogP contribution in [0.4, 0.5) is 4.39 Å². The first kappa shape index (κ1) is 25.3. The summed E-state index contributed by atoms with van der Waals surface area (Å²) in [5, 5.41) is 3.23. The van der Waals surface area contributed by atoms with Gasteiger partial charge in [0.15, 0.2) is 5.96 Å². The summed E-state index contributed by atoms with van der Waals surface area (Å²) in [4.78, 5) is 6.84. The summed E-state index contributed by atoms with van der Waals surface area (Å²) in [6, 6.07) is 13.1. The zero-order valence-electron chi connectivity index (χ0n) is 17.1. The van der Waals surface area contributed by atoms with Gasteiger partial charge in [0, 0.05) is 34.2 Å². The number of nitrogens with zero attached hydrogens (tertiary/aromatic N) is 3. The summed E-state index contributed by atoms with van der Waals surface area (Å²) in [6.07, 6.45) is 0. The zero-order valence-corrected chi connectivity index (χ0v) is 20.2. The molecule has 0 aliphatic heterocycles. The van der Waals surface area contributed by atoms with Crippen molar-refractivity contribution < 1.29 is 12.8 Å². The average Bonchev–Trinajstić information content (AvgIpc) is 2.67. The lowest BCUT2D eigenvalue weighted by molar-refractivity contribution is 0.476. The molecule has 0 atom stereocenters. The summed E-state index contributed by atoms with van der Waals surface area (Å²) < 4.78 is 38.5. The fraction of sp³-hybridized carbons (Fsp3) is 0.350. The Kier molecular flexibility index (Phi) is 10.0. The lowest BCUT2D eigenvalue weighted by atomic mass is 10.2. The molecule has 0 aliphatic carbocycles. The minimum atomic E-state index is -3.43. The van der Waals surface area contributed by atoms with Crippen LogP contribution in [0, 0.1) is 5.82 Å². The third-order valence-electron chi connectivity index (χ3n) is 4.14. The lowest BCUT2D eigenvalue weighted by Crippen LogP contribution is -2.38. The van der Waals surface area contributed by atoms with Crippen molar-refractivity contribution in [1.29, 1.82) is 0 Å². The minimum absolute atomic E-state index is 0. The molecule has 0 saturated carbocycles. The number of guanidine groups is 1. The van der Waals surface area contributed by atoms with E-state index in [-0.39, 0.29) is 34.7 Å². The second-order valence-electron chi connectivity index (χ2n) is 6.58. The van der Waals surface area contributed by atoms with Crippen molar-refractivity contribution in [2.75, 3.05) is 27.7 Å². The van der Waals surface area contributed by atoms with E-state index >= 15 is 0 Å². The molecule has 29 heavy (non-hydrogen) atoms. The van der Waals surface area contributed by atoms with Gasteiger partial charge in [-0.2, -0.15) is 0 Å². The van der Waals surface area contributed by atoms with E-state index in [4.69, 9.17) is 0 Å². The molecule has 2 aromatic carbocycles. The molecule has 0 fully saturated rings. The van der Waals surface area contributed by atoms with Crippen LogP contribution in [0.2, 0.25) is 0 Å². The molecule has 2 aromatic rings. The van der Waals surface area contributed by atoms with E-state index < -0.39 is 10.0 Å². The topological polar surface area (TPSA) is 65.0 Å². The quantitative estimate of drug-likeness (QED) is 0.337. The van der Waals surface area contributed by atoms with Gasteiger partial charge in [-0.05, 0) is 42.3 Å². The molecule has 6 nitrogen and oxygen atoms in total. The largest absolute Gasteiger partial charge is 0.357 e. The highest BCUT2D eigenvalue weighted by Crippen LogP contribution is 2.14. The molecule has 0 aliphatic rings. The fourth-order valence-corrected chi connectivity index (χ4v) is 3.45. The molecule has 0 amide bonds. The molecular formula is C20H28FIN4O2S. The van der Waals surface area contributed by atoms with Crippen LogP contribution in [0.25, 0.3) is 0 Å². The number of hydrogen-bond donors (Lipinski definition) is 1. The Labute approximate surface area is 189 Å². The first-order chi connectivity index (χ1) is 13.2. The summed E-state index contributed by atoms with van der Waals surface area (Å²) in [7, 11) is 1.49. The first-order valence-corrected chi connectivity index (χ1v) is 10.4. The van der Waals surface area contributed by atoms with Crippen LogP contribution in [0.5, 0.6) is 0 Å². The van der Waals surface area contributed by atoms with E-state index in [1.807, 2.05) is 18.9 Å². The molecule has 160 valence electrons. The Morgan fingerprint density at radius 1 is 1.00 bits per heavy atom. The Balaban J connectivity index is 0.00000420. The highest BCUT2D eigenvalue weighted by molar-refractivity contribution is 14.0. The van der Waals surface area contributed by atoms with E-state index in [1.54, 1.807) is 36.4 Å². The van der Waals surface area contributed by atoms with Crippen molar-refractivity contribution in [2.45, 2.75) is 24.9 Å². The number of benzene rings is 2. The minimum Gasteiger partial charge on any atom is -0.357 e. The van der Waals surface area contributed by atoms with Crippen molar-refractivity contribution in [3.05, 3.63) is 65.5 Å². The molecular weight excluding hydrogens is 506 g/mol. The number of nitrogens with one attached hydrogen (secondary N) is 1. The van der Waals surface area contributed by atoms with Gasteiger partial charge in [-0.25, -0.2) is 22.1 Å². The van der Waals surface area contributed by atoms with Crippen LogP contribution in [-0.4, -0.2) is 51.3 Å². The van der Waals surface area contributed by atoms with Crippen molar-refractivity contribution in [3.8, 4) is 0 Å². The molecule has 0 unspecified atom stereocenters. The predicted octanol–water partition coefficient (Wildman–Crippen LogP) is 3.29. The number of sulfonamides is 1. The molecule has 2 rings (SSSR count). The lowest BCUT2D eigenvalue weighted by Gasteiger charge is -2.22. The Hall–Kier alpha value is -1.72.